The lowest BCUT2D eigenvalue weighted by Crippen LogP contribution is -2.40. The molecule has 4 nitrogen and oxygen atoms in total. The number of carbonyl (C=O) groups is 1. The number of hydrogen-bond donors (Lipinski definition) is 3. The topological polar surface area (TPSA) is 61.4 Å². The van der Waals surface area contributed by atoms with Crippen LogP contribution in [0.2, 0.25) is 0 Å². The zero-order chi connectivity index (χ0) is 14.8. The maximum atomic E-state index is 11.9. The van der Waals surface area contributed by atoms with Gasteiger partial charge in [0.2, 0.25) is 0 Å². The number of carbonyl (C=O) groups excluding carboxylic acids is 1. The number of benzene rings is 1. The first-order chi connectivity index (χ1) is 9.67. The van der Waals surface area contributed by atoms with Crippen molar-refractivity contribution in [2.45, 2.75) is 31.1 Å². The predicted octanol–water partition coefficient (Wildman–Crippen LogP) is 2.55. The Morgan fingerprint density at radius 1 is 1.35 bits per heavy atom. The van der Waals surface area contributed by atoms with E-state index in [4.69, 9.17) is 5.11 Å². The Morgan fingerprint density at radius 2 is 2.05 bits per heavy atom. The summed E-state index contributed by atoms with van der Waals surface area (Å²) in [6, 6.07) is 9.63. The molecule has 2 unspecified atom stereocenters. The molecular formula is C15H24N2O2S. The highest BCUT2D eigenvalue weighted by molar-refractivity contribution is 7.99. The normalized spacial score (nSPS) is 13.6. The van der Waals surface area contributed by atoms with E-state index in [0.29, 0.717) is 18.2 Å². The third-order valence-corrected chi connectivity index (χ3v) is 4.08. The largest absolute Gasteiger partial charge is 0.396 e. The molecule has 0 aliphatic rings. The van der Waals surface area contributed by atoms with E-state index in [1.807, 2.05) is 36.6 Å². The molecule has 2 amide bonds. The first-order valence-corrected chi connectivity index (χ1v) is 8.19. The van der Waals surface area contributed by atoms with Crippen LogP contribution in [0.25, 0.3) is 0 Å². The molecule has 0 radical (unpaired) electrons. The van der Waals surface area contributed by atoms with Crippen molar-refractivity contribution in [2.24, 2.45) is 0 Å². The van der Waals surface area contributed by atoms with Crippen molar-refractivity contribution >= 4 is 17.8 Å². The van der Waals surface area contributed by atoms with Crippen molar-refractivity contribution in [3.8, 4) is 0 Å². The smallest absolute Gasteiger partial charge is 0.315 e. The summed E-state index contributed by atoms with van der Waals surface area (Å²) in [5.41, 5.74) is 1.06. The average Bonchev–Trinajstić information content (AvgIpc) is 2.49. The molecule has 0 aliphatic heterocycles. The number of nitrogens with one attached hydrogen (secondary N) is 2. The maximum Gasteiger partial charge on any atom is 0.315 e. The standard InChI is InChI=1S/C15H24N2O2S/c1-12(20-2)11-16-15(19)17-14(9-6-10-18)13-7-4-3-5-8-13/h3-5,7-8,12,14,18H,6,9-11H2,1-2H3,(H2,16,17,19). The fraction of sp³-hybridized carbons (Fsp3) is 0.533. The molecule has 5 heteroatoms. The fourth-order valence-corrected chi connectivity index (χ4v) is 2.08. The van der Waals surface area contributed by atoms with E-state index in [0.717, 1.165) is 12.0 Å². The quantitative estimate of drug-likeness (QED) is 0.691. The van der Waals surface area contributed by atoms with Gasteiger partial charge in [0.1, 0.15) is 0 Å². The lowest BCUT2D eigenvalue weighted by atomic mass is 10.0. The minimum Gasteiger partial charge on any atom is -0.396 e. The molecule has 0 bridgehead atoms. The van der Waals surface area contributed by atoms with E-state index in [9.17, 15) is 4.79 Å². The summed E-state index contributed by atoms with van der Waals surface area (Å²) in [6.07, 6.45) is 3.42. The van der Waals surface area contributed by atoms with Gasteiger partial charge in [-0.15, -0.1) is 0 Å². The molecule has 1 aromatic rings. The zero-order valence-electron chi connectivity index (χ0n) is 12.1. The van der Waals surface area contributed by atoms with Gasteiger partial charge in [0.05, 0.1) is 6.04 Å². The molecule has 112 valence electrons. The molecule has 0 spiro atoms. The van der Waals surface area contributed by atoms with Crippen LogP contribution >= 0.6 is 11.8 Å². The lowest BCUT2D eigenvalue weighted by Gasteiger charge is -2.20. The minimum atomic E-state index is -0.155. The van der Waals surface area contributed by atoms with Gasteiger partial charge < -0.3 is 15.7 Å². The Kier molecular flexibility index (Phi) is 8.14. The van der Waals surface area contributed by atoms with E-state index in [-0.39, 0.29) is 18.7 Å². The number of hydrogen-bond acceptors (Lipinski definition) is 3. The van der Waals surface area contributed by atoms with Gasteiger partial charge in [0, 0.05) is 18.4 Å². The number of urea groups is 1. The first kappa shape index (κ1) is 16.9. The molecule has 0 saturated carbocycles. The van der Waals surface area contributed by atoms with Crippen LogP contribution in [0.3, 0.4) is 0 Å². The average molecular weight is 296 g/mol. The van der Waals surface area contributed by atoms with Crippen molar-refractivity contribution in [1.82, 2.24) is 10.6 Å². The van der Waals surface area contributed by atoms with Gasteiger partial charge in [-0.2, -0.15) is 11.8 Å². The van der Waals surface area contributed by atoms with Crippen molar-refractivity contribution < 1.29 is 9.90 Å². The molecule has 0 aromatic heterocycles. The van der Waals surface area contributed by atoms with Crippen LogP contribution in [0.5, 0.6) is 0 Å². The first-order valence-electron chi connectivity index (χ1n) is 6.90. The lowest BCUT2D eigenvalue weighted by molar-refractivity contribution is 0.233. The Bertz CT molecular complexity index is 387. The summed E-state index contributed by atoms with van der Waals surface area (Å²) in [5.74, 6) is 0. The third-order valence-electron chi connectivity index (χ3n) is 3.11. The highest BCUT2D eigenvalue weighted by Gasteiger charge is 2.14. The Morgan fingerprint density at radius 3 is 2.65 bits per heavy atom. The summed E-state index contributed by atoms with van der Waals surface area (Å²) in [4.78, 5) is 11.9. The Hall–Kier alpha value is -1.20. The second kappa shape index (κ2) is 9.66. The van der Waals surface area contributed by atoms with Crippen molar-refractivity contribution in [3.05, 3.63) is 35.9 Å². The SMILES string of the molecule is CSC(C)CNC(=O)NC(CCCO)c1ccccc1. The molecule has 0 fully saturated rings. The van der Waals surface area contributed by atoms with E-state index in [1.165, 1.54) is 0 Å². The Labute approximate surface area is 125 Å². The third kappa shape index (κ3) is 6.30. The minimum absolute atomic E-state index is 0.0621. The van der Waals surface area contributed by atoms with Gasteiger partial charge in [-0.3, -0.25) is 0 Å². The van der Waals surface area contributed by atoms with Gasteiger partial charge in [0.25, 0.3) is 0 Å². The molecular weight excluding hydrogens is 272 g/mol. The summed E-state index contributed by atoms with van der Waals surface area (Å²) in [7, 11) is 0. The highest BCUT2D eigenvalue weighted by Crippen LogP contribution is 2.17. The molecule has 1 rings (SSSR count). The summed E-state index contributed by atoms with van der Waals surface area (Å²) >= 11 is 1.72. The highest BCUT2D eigenvalue weighted by atomic mass is 32.2. The second-order valence-corrected chi connectivity index (χ2v) is 6.01. The summed E-state index contributed by atoms with van der Waals surface area (Å²) < 4.78 is 0. The van der Waals surface area contributed by atoms with Crippen LogP contribution in [0.15, 0.2) is 30.3 Å². The Balaban J connectivity index is 2.54. The number of thioether (sulfide) groups is 1. The van der Waals surface area contributed by atoms with Crippen LogP contribution in [0, 0.1) is 0 Å². The van der Waals surface area contributed by atoms with Crippen LogP contribution in [0.4, 0.5) is 4.79 Å². The maximum absolute atomic E-state index is 11.9. The van der Waals surface area contributed by atoms with Gasteiger partial charge in [-0.1, -0.05) is 37.3 Å². The van der Waals surface area contributed by atoms with Crippen LogP contribution in [-0.4, -0.2) is 35.8 Å². The van der Waals surface area contributed by atoms with Crippen LogP contribution < -0.4 is 10.6 Å². The van der Waals surface area contributed by atoms with Gasteiger partial charge >= 0.3 is 6.03 Å². The van der Waals surface area contributed by atoms with Crippen molar-refractivity contribution in [1.29, 1.82) is 0 Å². The molecule has 2 atom stereocenters. The molecule has 3 N–H and O–H groups in total. The van der Waals surface area contributed by atoms with Gasteiger partial charge in [-0.05, 0) is 24.7 Å². The predicted molar refractivity (Wildman–Crippen MR) is 85.0 cm³/mol. The summed E-state index contributed by atoms with van der Waals surface area (Å²) in [6.45, 7) is 2.86. The number of amides is 2. The molecule has 0 saturated heterocycles. The number of aliphatic hydroxyl groups excluding tert-OH is 1. The van der Waals surface area contributed by atoms with Crippen molar-refractivity contribution in [3.63, 3.8) is 0 Å². The molecule has 0 aliphatic carbocycles. The van der Waals surface area contributed by atoms with Crippen LogP contribution in [-0.2, 0) is 0 Å². The fourth-order valence-electron chi connectivity index (χ4n) is 1.83. The number of aliphatic hydroxyl groups is 1. The van der Waals surface area contributed by atoms with E-state index in [1.54, 1.807) is 11.8 Å². The molecule has 20 heavy (non-hydrogen) atoms. The molecule has 0 heterocycles. The van der Waals surface area contributed by atoms with E-state index < -0.39 is 0 Å². The van der Waals surface area contributed by atoms with Crippen LogP contribution in [0.1, 0.15) is 31.4 Å². The summed E-state index contributed by atoms with van der Waals surface area (Å²) in [5, 5.41) is 15.2. The van der Waals surface area contributed by atoms with Gasteiger partial charge in [-0.25, -0.2) is 4.79 Å². The molecule has 1 aromatic carbocycles. The van der Waals surface area contributed by atoms with Crippen molar-refractivity contribution in [2.75, 3.05) is 19.4 Å². The van der Waals surface area contributed by atoms with Gasteiger partial charge in [0.15, 0.2) is 0 Å². The van der Waals surface area contributed by atoms with E-state index in [2.05, 4.69) is 17.6 Å². The zero-order valence-corrected chi connectivity index (χ0v) is 13.0. The second-order valence-electron chi connectivity index (χ2n) is 4.73. The monoisotopic (exact) mass is 296 g/mol. The number of rotatable bonds is 8. The van der Waals surface area contributed by atoms with E-state index >= 15 is 0 Å².